The second kappa shape index (κ2) is 7.74. The van der Waals surface area contributed by atoms with Crippen molar-refractivity contribution in [1.82, 2.24) is 5.32 Å². The van der Waals surface area contributed by atoms with E-state index < -0.39 is 0 Å². The van der Waals surface area contributed by atoms with Gasteiger partial charge in [-0.05, 0) is 30.2 Å². The first-order valence-corrected chi connectivity index (χ1v) is 6.24. The molecule has 106 valence electrons. The molecule has 0 aromatic heterocycles. The normalized spacial score (nSPS) is 12.3. The lowest BCUT2D eigenvalue weighted by molar-refractivity contribution is -0.144. The van der Waals surface area contributed by atoms with Crippen molar-refractivity contribution in [2.24, 2.45) is 5.92 Å². The highest BCUT2D eigenvalue weighted by Gasteiger charge is 2.21. The average Bonchev–Trinajstić information content (AvgIpc) is 2.39. The number of benzene rings is 1. The van der Waals surface area contributed by atoms with Gasteiger partial charge in [0.15, 0.2) is 0 Å². The summed E-state index contributed by atoms with van der Waals surface area (Å²) in [6.07, 6.45) is 0. The van der Waals surface area contributed by atoms with Gasteiger partial charge in [-0.25, -0.2) is 4.39 Å². The summed E-state index contributed by atoms with van der Waals surface area (Å²) >= 11 is 0. The van der Waals surface area contributed by atoms with Crippen molar-refractivity contribution in [3.63, 3.8) is 0 Å². The number of halogens is 1. The van der Waals surface area contributed by atoms with E-state index in [0.29, 0.717) is 18.9 Å². The summed E-state index contributed by atoms with van der Waals surface area (Å²) in [5, 5.41) is 3.08. The van der Waals surface area contributed by atoms with E-state index in [1.54, 1.807) is 12.1 Å². The van der Waals surface area contributed by atoms with Crippen molar-refractivity contribution in [3.05, 3.63) is 30.1 Å². The Hall–Kier alpha value is -1.62. The molecule has 0 amide bonds. The Morgan fingerprint density at radius 1 is 1.32 bits per heavy atom. The molecule has 4 nitrogen and oxygen atoms in total. The number of hydrogen-bond acceptors (Lipinski definition) is 4. The van der Waals surface area contributed by atoms with Crippen LogP contribution in [0.25, 0.3) is 0 Å². The fourth-order valence-corrected chi connectivity index (χ4v) is 1.63. The summed E-state index contributed by atoms with van der Waals surface area (Å²) in [7, 11) is 1.37. The van der Waals surface area contributed by atoms with Crippen molar-refractivity contribution >= 4 is 5.97 Å². The number of carbonyl (C=O) groups is 1. The van der Waals surface area contributed by atoms with Gasteiger partial charge in [0.2, 0.25) is 0 Å². The minimum atomic E-state index is -0.346. The van der Waals surface area contributed by atoms with E-state index in [0.717, 1.165) is 0 Å². The molecule has 0 aliphatic carbocycles. The number of hydrogen-bond donors (Lipinski definition) is 1. The van der Waals surface area contributed by atoms with Crippen LogP contribution in [0.3, 0.4) is 0 Å². The molecule has 1 aromatic carbocycles. The van der Waals surface area contributed by atoms with Gasteiger partial charge in [0.1, 0.15) is 24.2 Å². The summed E-state index contributed by atoms with van der Waals surface area (Å²) in [5.41, 5.74) is 0. The highest BCUT2D eigenvalue weighted by atomic mass is 19.1. The molecule has 0 radical (unpaired) electrons. The molecule has 0 spiro atoms. The van der Waals surface area contributed by atoms with E-state index in [4.69, 9.17) is 9.47 Å². The molecule has 1 rings (SSSR count). The lowest BCUT2D eigenvalue weighted by Gasteiger charge is -2.19. The highest BCUT2D eigenvalue weighted by Crippen LogP contribution is 2.10. The van der Waals surface area contributed by atoms with Gasteiger partial charge in [-0.3, -0.25) is 4.79 Å². The van der Waals surface area contributed by atoms with Gasteiger partial charge in [-0.2, -0.15) is 0 Å². The van der Waals surface area contributed by atoms with Crippen LogP contribution < -0.4 is 10.1 Å². The second-order valence-corrected chi connectivity index (χ2v) is 4.50. The molecule has 0 heterocycles. The minimum absolute atomic E-state index is 0.137. The largest absolute Gasteiger partial charge is 0.492 e. The maximum absolute atomic E-state index is 12.7. The molecule has 1 N–H and O–H groups in total. The standard InChI is InChI=1S/C14H20FNO3/c1-10(2)13(14(17)18-3)16-8-9-19-12-6-4-11(15)5-7-12/h4-7,10,13,16H,8-9H2,1-3H3. The van der Waals surface area contributed by atoms with Gasteiger partial charge < -0.3 is 14.8 Å². The van der Waals surface area contributed by atoms with E-state index in [2.05, 4.69) is 5.32 Å². The van der Waals surface area contributed by atoms with Crippen LogP contribution in [-0.4, -0.2) is 32.3 Å². The molecule has 1 aromatic rings. The van der Waals surface area contributed by atoms with Gasteiger partial charge >= 0.3 is 5.97 Å². The molecule has 5 heteroatoms. The molecule has 19 heavy (non-hydrogen) atoms. The van der Waals surface area contributed by atoms with Crippen LogP contribution in [0.1, 0.15) is 13.8 Å². The average molecular weight is 269 g/mol. The first-order chi connectivity index (χ1) is 9.04. The van der Waals surface area contributed by atoms with E-state index in [-0.39, 0.29) is 23.7 Å². The molecule has 0 bridgehead atoms. The third-order valence-electron chi connectivity index (χ3n) is 2.67. The monoisotopic (exact) mass is 269 g/mol. The first-order valence-electron chi connectivity index (χ1n) is 6.24. The van der Waals surface area contributed by atoms with Crippen LogP contribution in [0.5, 0.6) is 5.75 Å². The van der Waals surface area contributed by atoms with Crippen molar-refractivity contribution in [3.8, 4) is 5.75 Å². The zero-order valence-corrected chi connectivity index (χ0v) is 11.5. The Balaban J connectivity index is 2.32. The Bertz CT molecular complexity index is 392. The van der Waals surface area contributed by atoms with Crippen LogP contribution in [0.15, 0.2) is 24.3 Å². The quantitative estimate of drug-likeness (QED) is 0.607. The van der Waals surface area contributed by atoms with Gasteiger partial charge in [-0.1, -0.05) is 13.8 Å². The summed E-state index contributed by atoms with van der Waals surface area (Å²) in [5.74, 6) is 0.161. The molecular weight excluding hydrogens is 249 g/mol. The number of nitrogens with one attached hydrogen (secondary N) is 1. The van der Waals surface area contributed by atoms with Gasteiger partial charge in [0.05, 0.1) is 7.11 Å². The third kappa shape index (κ3) is 5.26. The van der Waals surface area contributed by atoms with E-state index in [1.807, 2.05) is 13.8 Å². The van der Waals surface area contributed by atoms with E-state index >= 15 is 0 Å². The zero-order chi connectivity index (χ0) is 14.3. The first kappa shape index (κ1) is 15.4. The Kier molecular flexibility index (Phi) is 6.29. The van der Waals surface area contributed by atoms with Crippen LogP contribution in [0.4, 0.5) is 4.39 Å². The van der Waals surface area contributed by atoms with Crippen molar-refractivity contribution in [2.75, 3.05) is 20.3 Å². The molecule has 1 atom stereocenters. The van der Waals surface area contributed by atoms with Gasteiger partial charge in [0, 0.05) is 6.54 Å². The third-order valence-corrected chi connectivity index (χ3v) is 2.67. The van der Waals surface area contributed by atoms with Crippen LogP contribution in [0.2, 0.25) is 0 Å². The van der Waals surface area contributed by atoms with Crippen molar-refractivity contribution < 1.29 is 18.7 Å². The predicted molar refractivity (Wildman–Crippen MR) is 70.5 cm³/mol. The maximum Gasteiger partial charge on any atom is 0.323 e. The summed E-state index contributed by atoms with van der Waals surface area (Å²) < 4.78 is 22.8. The van der Waals surface area contributed by atoms with Gasteiger partial charge in [-0.15, -0.1) is 0 Å². The predicted octanol–water partition coefficient (Wildman–Crippen LogP) is 1.99. The van der Waals surface area contributed by atoms with E-state index in [1.165, 1.54) is 19.2 Å². The zero-order valence-electron chi connectivity index (χ0n) is 11.5. The molecule has 0 saturated heterocycles. The number of esters is 1. The van der Waals surface area contributed by atoms with E-state index in [9.17, 15) is 9.18 Å². The highest BCUT2D eigenvalue weighted by molar-refractivity contribution is 5.75. The lowest BCUT2D eigenvalue weighted by Crippen LogP contribution is -2.43. The number of methoxy groups -OCH3 is 1. The maximum atomic E-state index is 12.7. The van der Waals surface area contributed by atoms with Crippen molar-refractivity contribution in [2.45, 2.75) is 19.9 Å². The Morgan fingerprint density at radius 2 is 1.95 bits per heavy atom. The SMILES string of the molecule is COC(=O)C(NCCOc1ccc(F)cc1)C(C)C. The summed E-state index contributed by atoms with van der Waals surface area (Å²) in [4.78, 5) is 11.5. The number of carbonyl (C=O) groups excluding carboxylic acids is 1. The number of rotatable bonds is 7. The van der Waals surface area contributed by atoms with Gasteiger partial charge in [0.25, 0.3) is 0 Å². The lowest BCUT2D eigenvalue weighted by atomic mass is 10.1. The molecule has 0 fully saturated rings. The Labute approximate surface area is 112 Å². The Morgan fingerprint density at radius 3 is 2.47 bits per heavy atom. The minimum Gasteiger partial charge on any atom is -0.492 e. The number of ether oxygens (including phenoxy) is 2. The van der Waals surface area contributed by atoms with Crippen molar-refractivity contribution in [1.29, 1.82) is 0 Å². The summed E-state index contributed by atoms with van der Waals surface area (Å²) in [6, 6.07) is 5.47. The topological polar surface area (TPSA) is 47.6 Å². The molecule has 1 unspecified atom stereocenters. The molecule has 0 saturated carbocycles. The molecular formula is C14H20FNO3. The molecule has 0 aliphatic rings. The van der Waals surface area contributed by atoms with Crippen LogP contribution in [-0.2, 0) is 9.53 Å². The smallest absolute Gasteiger partial charge is 0.323 e. The fraction of sp³-hybridized carbons (Fsp3) is 0.500. The second-order valence-electron chi connectivity index (χ2n) is 4.50. The molecule has 0 aliphatic heterocycles. The van der Waals surface area contributed by atoms with Crippen LogP contribution in [0, 0.1) is 11.7 Å². The van der Waals surface area contributed by atoms with Crippen LogP contribution >= 0.6 is 0 Å². The fourth-order valence-electron chi connectivity index (χ4n) is 1.63. The summed E-state index contributed by atoms with van der Waals surface area (Å²) in [6.45, 7) is 4.78.